The second-order valence-electron chi connectivity index (χ2n) is 8.25. The van der Waals surface area contributed by atoms with Crippen molar-refractivity contribution in [3.8, 4) is 11.5 Å². The lowest BCUT2D eigenvalue weighted by Gasteiger charge is -2.16. The summed E-state index contributed by atoms with van der Waals surface area (Å²) in [6.07, 6.45) is 1.72. The lowest BCUT2D eigenvalue weighted by Crippen LogP contribution is -2.27. The monoisotopic (exact) mass is 552 g/mol. The summed E-state index contributed by atoms with van der Waals surface area (Å²) in [5.74, 6) is 0.0963. The van der Waals surface area contributed by atoms with E-state index in [4.69, 9.17) is 33.3 Å². The molecule has 0 unspecified atom stereocenters. The van der Waals surface area contributed by atoms with Crippen LogP contribution in [-0.4, -0.2) is 29.3 Å². The third kappa shape index (κ3) is 6.33. The van der Waals surface area contributed by atoms with Crippen molar-refractivity contribution in [2.45, 2.75) is 20.8 Å². The number of hydrogen-bond acceptors (Lipinski definition) is 6. The molecular formula is C28H25ClN2O4S2. The molecule has 0 atom stereocenters. The van der Waals surface area contributed by atoms with E-state index in [1.807, 2.05) is 57.2 Å². The highest BCUT2D eigenvalue weighted by Crippen LogP contribution is 2.40. The van der Waals surface area contributed by atoms with E-state index < -0.39 is 0 Å². The van der Waals surface area contributed by atoms with Crippen molar-refractivity contribution in [2.75, 3.05) is 23.4 Å². The number of thiocarbonyl (C=S) groups is 1. The van der Waals surface area contributed by atoms with Crippen molar-refractivity contribution >= 4 is 69.2 Å². The quantitative estimate of drug-likeness (QED) is 0.245. The molecule has 1 heterocycles. The fraction of sp³-hybridized carbons (Fsp3) is 0.179. The Bertz CT molecular complexity index is 1390. The summed E-state index contributed by atoms with van der Waals surface area (Å²) in [5.41, 5.74) is 4.27. The molecule has 37 heavy (non-hydrogen) atoms. The van der Waals surface area contributed by atoms with Gasteiger partial charge in [-0.3, -0.25) is 14.5 Å². The van der Waals surface area contributed by atoms with Gasteiger partial charge in [0.25, 0.3) is 11.8 Å². The lowest BCUT2D eigenvalue weighted by atomic mass is 10.1. The first kappa shape index (κ1) is 26.7. The topological polar surface area (TPSA) is 67.9 Å². The standard InChI is InChI=1S/C28H25ClN2O4S2/c1-4-34-23-14-19(13-22(29)26(23)35-16-25(32)30-20-8-6-5-7-9-20)15-24-27(33)31(28(36)37-24)21-11-10-17(2)18(3)12-21/h5-15H,4,16H2,1-3H3,(H,30,32)/b24-15-. The molecule has 0 spiro atoms. The van der Waals surface area contributed by atoms with Crippen molar-refractivity contribution in [3.05, 3.63) is 87.3 Å². The summed E-state index contributed by atoms with van der Waals surface area (Å²) in [7, 11) is 0. The zero-order chi connectivity index (χ0) is 26.5. The molecule has 1 fully saturated rings. The van der Waals surface area contributed by atoms with Gasteiger partial charge >= 0.3 is 0 Å². The number of hydrogen-bond donors (Lipinski definition) is 1. The van der Waals surface area contributed by atoms with Gasteiger partial charge in [0, 0.05) is 5.69 Å². The SMILES string of the molecule is CCOc1cc(/C=C2\SC(=S)N(c3ccc(C)c(C)c3)C2=O)cc(Cl)c1OCC(=O)Nc1ccccc1. The van der Waals surface area contributed by atoms with Crippen LogP contribution < -0.4 is 19.7 Å². The number of nitrogens with one attached hydrogen (secondary N) is 1. The van der Waals surface area contributed by atoms with Crippen LogP contribution in [0.25, 0.3) is 6.08 Å². The predicted molar refractivity (Wildman–Crippen MR) is 155 cm³/mol. The summed E-state index contributed by atoms with van der Waals surface area (Å²) in [6, 6.07) is 18.3. The van der Waals surface area contributed by atoms with Crippen molar-refractivity contribution < 1.29 is 19.1 Å². The zero-order valence-corrected chi connectivity index (χ0v) is 22.9. The normalized spacial score (nSPS) is 14.3. The van der Waals surface area contributed by atoms with Crippen molar-refractivity contribution in [1.29, 1.82) is 0 Å². The number of anilines is 2. The Morgan fingerprint density at radius 3 is 2.54 bits per heavy atom. The van der Waals surface area contributed by atoms with Gasteiger partial charge in [-0.05, 0) is 79.9 Å². The first-order chi connectivity index (χ1) is 17.8. The highest BCUT2D eigenvalue weighted by atomic mass is 35.5. The molecule has 1 aliphatic rings. The smallest absolute Gasteiger partial charge is 0.270 e. The Balaban J connectivity index is 1.54. The van der Waals surface area contributed by atoms with Crippen LogP contribution in [-0.2, 0) is 9.59 Å². The maximum absolute atomic E-state index is 13.2. The highest BCUT2D eigenvalue weighted by molar-refractivity contribution is 8.27. The zero-order valence-electron chi connectivity index (χ0n) is 20.5. The molecule has 4 rings (SSSR count). The first-order valence-electron chi connectivity index (χ1n) is 11.6. The number of aryl methyl sites for hydroxylation is 2. The van der Waals surface area contributed by atoms with Crippen molar-refractivity contribution in [1.82, 2.24) is 0 Å². The summed E-state index contributed by atoms with van der Waals surface area (Å²) in [4.78, 5) is 27.6. The number of amides is 2. The average molecular weight is 553 g/mol. The fourth-order valence-corrected chi connectivity index (χ4v) is 5.21. The minimum Gasteiger partial charge on any atom is -0.490 e. The van der Waals surface area contributed by atoms with Gasteiger partial charge in [-0.1, -0.05) is 59.8 Å². The van der Waals surface area contributed by atoms with Gasteiger partial charge in [0.1, 0.15) is 0 Å². The third-order valence-corrected chi connectivity index (χ3v) is 7.16. The van der Waals surface area contributed by atoms with E-state index in [0.29, 0.717) is 32.8 Å². The van der Waals surface area contributed by atoms with E-state index in [1.54, 1.807) is 30.3 Å². The second-order valence-corrected chi connectivity index (χ2v) is 10.3. The Labute approximate surface area is 230 Å². The Hall–Kier alpha value is -3.33. The van der Waals surface area contributed by atoms with Gasteiger partial charge < -0.3 is 14.8 Å². The minimum absolute atomic E-state index is 0.203. The first-order valence-corrected chi connectivity index (χ1v) is 13.2. The summed E-state index contributed by atoms with van der Waals surface area (Å²) in [5, 5.41) is 3.02. The predicted octanol–water partition coefficient (Wildman–Crippen LogP) is 6.78. The van der Waals surface area contributed by atoms with Crippen LogP contribution >= 0.6 is 35.6 Å². The van der Waals surface area contributed by atoms with Gasteiger partial charge in [0.15, 0.2) is 22.4 Å². The van der Waals surface area contributed by atoms with Crippen LogP contribution in [0.2, 0.25) is 5.02 Å². The van der Waals surface area contributed by atoms with Crippen molar-refractivity contribution in [2.24, 2.45) is 0 Å². The van der Waals surface area contributed by atoms with E-state index in [0.717, 1.165) is 16.8 Å². The molecule has 1 N–H and O–H groups in total. The minimum atomic E-state index is -0.330. The molecule has 0 saturated carbocycles. The largest absolute Gasteiger partial charge is 0.490 e. The number of para-hydroxylation sites is 1. The number of thioether (sulfide) groups is 1. The number of nitrogens with zero attached hydrogens (tertiary/aromatic N) is 1. The highest BCUT2D eigenvalue weighted by Gasteiger charge is 2.33. The number of carbonyl (C=O) groups excluding carboxylic acids is 2. The van der Waals surface area contributed by atoms with Gasteiger partial charge in [-0.15, -0.1) is 0 Å². The van der Waals surface area contributed by atoms with Gasteiger partial charge in [-0.2, -0.15) is 0 Å². The summed E-state index contributed by atoms with van der Waals surface area (Å²) >= 11 is 13.3. The number of ether oxygens (including phenoxy) is 2. The van der Waals surface area contributed by atoms with Crippen LogP contribution in [0.1, 0.15) is 23.6 Å². The Morgan fingerprint density at radius 1 is 1.08 bits per heavy atom. The average Bonchev–Trinajstić information content (AvgIpc) is 3.13. The van der Waals surface area contributed by atoms with Gasteiger partial charge in [-0.25, -0.2) is 0 Å². The second kappa shape index (κ2) is 11.8. The van der Waals surface area contributed by atoms with Crippen LogP contribution in [0.15, 0.2) is 65.6 Å². The molecule has 3 aromatic rings. The summed E-state index contributed by atoms with van der Waals surface area (Å²) < 4.78 is 11.9. The van der Waals surface area contributed by atoms with Gasteiger partial charge in [0.05, 0.1) is 22.2 Å². The molecule has 0 radical (unpaired) electrons. The Kier molecular flexibility index (Phi) is 8.53. The molecular weight excluding hydrogens is 528 g/mol. The fourth-order valence-electron chi connectivity index (χ4n) is 3.64. The third-order valence-electron chi connectivity index (χ3n) is 5.58. The van der Waals surface area contributed by atoms with E-state index in [-0.39, 0.29) is 29.2 Å². The van der Waals surface area contributed by atoms with Crippen LogP contribution in [0.5, 0.6) is 11.5 Å². The van der Waals surface area contributed by atoms with E-state index >= 15 is 0 Å². The van der Waals surface area contributed by atoms with E-state index in [2.05, 4.69) is 5.32 Å². The number of carbonyl (C=O) groups is 2. The maximum atomic E-state index is 13.2. The lowest BCUT2D eigenvalue weighted by molar-refractivity contribution is -0.118. The molecule has 2 amide bonds. The molecule has 9 heteroatoms. The summed E-state index contributed by atoms with van der Waals surface area (Å²) in [6.45, 7) is 5.97. The molecule has 0 aliphatic carbocycles. The van der Waals surface area contributed by atoms with E-state index in [1.165, 1.54) is 16.7 Å². The number of benzene rings is 3. The molecule has 1 saturated heterocycles. The molecule has 0 aromatic heterocycles. The molecule has 6 nitrogen and oxygen atoms in total. The molecule has 1 aliphatic heterocycles. The van der Waals surface area contributed by atoms with Crippen molar-refractivity contribution in [3.63, 3.8) is 0 Å². The molecule has 190 valence electrons. The van der Waals surface area contributed by atoms with E-state index in [9.17, 15) is 9.59 Å². The molecule has 3 aromatic carbocycles. The Morgan fingerprint density at radius 2 is 1.84 bits per heavy atom. The van der Waals surface area contributed by atoms with Gasteiger partial charge in [0.2, 0.25) is 0 Å². The number of halogens is 1. The van der Waals surface area contributed by atoms with Crippen LogP contribution in [0, 0.1) is 13.8 Å². The number of rotatable bonds is 8. The molecule has 0 bridgehead atoms. The maximum Gasteiger partial charge on any atom is 0.270 e. The van der Waals surface area contributed by atoms with Crippen LogP contribution in [0.4, 0.5) is 11.4 Å². The van der Waals surface area contributed by atoms with Crippen LogP contribution in [0.3, 0.4) is 0 Å².